The molecule has 1 heterocycles. The predicted octanol–water partition coefficient (Wildman–Crippen LogP) is 4.18. The van der Waals surface area contributed by atoms with Crippen LogP contribution in [-0.2, 0) is 6.42 Å². The molecule has 0 fully saturated rings. The minimum Gasteiger partial charge on any atom is -0.490 e. The lowest BCUT2D eigenvalue weighted by Crippen LogP contribution is -2.16. The quantitative estimate of drug-likeness (QED) is 0.576. The molecule has 23 heavy (non-hydrogen) atoms. The van der Waals surface area contributed by atoms with Gasteiger partial charge in [-0.05, 0) is 49.7 Å². The summed E-state index contributed by atoms with van der Waals surface area (Å²) < 4.78 is 5.96. The highest BCUT2D eigenvalue weighted by Gasteiger charge is 2.14. The van der Waals surface area contributed by atoms with E-state index in [9.17, 15) is 0 Å². The Bertz CT molecular complexity index is 834. The summed E-state index contributed by atoms with van der Waals surface area (Å²) in [7, 11) is 0. The summed E-state index contributed by atoms with van der Waals surface area (Å²) in [5, 5.41) is 1.07. The van der Waals surface area contributed by atoms with Crippen LogP contribution in [0.4, 0.5) is 5.69 Å². The Morgan fingerprint density at radius 1 is 1.13 bits per heavy atom. The number of nitrogens with two attached hydrogens (primary N) is 1. The standard InChI is InChI=1S/C18H18ClN3O/c1-11-6-8-13(9-7-11)23-12(2)10-16-17-14(20)4-3-5-15(17)21-18(19)22-16/h3-9,12H,10,20H2,1-2H3. The molecule has 1 atom stereocenters. The zero-order valence-electron chi connectivity index (χ0n) is 13.1. The molecule has 0 aliphatic heterocycles. The number of ether oxygens (including phenoxy) is 1. The van der Waals surface area contributed by atoms with Gasteiger partial charge in [-0.15, -0.1) is 0 Å². The fraction of sp³-hybridized carbons (Fsp3) is 0.222. The van der Waals surface area contributed by atoms with Crippen LogP contribution in [0, 0.1) is 6.92 Å². The first-order valence-electron chi connectivity index (χ1n) is 7.47. The molecule has 2 aromatic carbocycles. The molecule has 0 aliphatic carbocycles. The molecule has 1 aromatic heterocycles. The second-order valence-electron chi connectivity index (χ2n) is 5.63. The van der Waals surface area contributed by atoms with E-state index in [2.05, 4.69) is 9.97 Å². The Morgan fingerprint density at radius 3 is 2.61 bits per heavy atom. The third-order valence-electron chi connectivity index (χ3n) is 3.64. The van der Waals surface area contributed by atoms with Crippen LogP contribution in [0.1, 0.15) is 18.2 Å². The lowest BCUT2D eigenvalue weighted by Gasteiger charge is -2.16. The van der Waals surface area contributed by atoms with Gasteiger partial charge in [-0.1, -0.05) is 23.8 Å². The fourth-order valence-electron chi connectivity index (χ4n) is 2.57. The monoisotopic (exact) mass is 327 g/mol. The van der Waals surface area contributed by atoms with Crippen molar-refractivity contribution < 1.29 is 4.74 Å². The highest BCUT2D eigenvalue weighted by Crippen LogP contribution is 2.25. The largest absolute Gasteiger partial charge is 0.490 e. The van der Waals surface area contributed by atoms with Gasteiger partial charge in [0.05, 0.1) is 11.2 Å². The van der Waals surface area contributed by atoms with Crippen molar-refractivity contribution in [2.75, 3.05) is 5.73 Å². The van der Waals surface area contributed by atoms with Gasteiger partial charge in [-0.25, -0.2) is 9.97 Å². The maximum atomic E-state index is 6.09. The van der Waals surface area contributed by atoms with E-state index < -0.39 is 0 Å². The number of aryl methyl sites for hydroxylation is 1. The lowest BCUT2D eigenvalue weighted by atomic mass is 10.1. The molecular weight excluding hydrogens is 310 g/mol. The van der Waals surface area contributed by atoms with Crippen molar-refractivity contribution in [3.8, 4) is 5.75 Å². The van der Waals surface area contributed by atoms with Crippen molar-refractivity contribution in [1.82, 2.24) is 9.97 Å². The molecule has 4 nitrogen and oxygen atoms in total. The van der Waals surface area contributed by atoms with Gasteiger partial charge in [0.2, 0.25) is 5.28 Å². The third-order valence-corrected chi connectivity index (χ3v) is 3.81. The molecule has 2 N–H and O–H groups in total. The molecule has 0 saturated carbocycles. The maximum absolute atomic E-state index is 6.09. The summed E-state index contributed by atoms with van der Waals surface area (Å²) in [6.45, 7) is 4.05. The van der Waals surface area contributed by atoms with Crippen molar-refractivity contribution in [2.24, 2.45) is 0 Å². The van der Waals surface area contributed by atoms with Crippen LogP contribution >= 0.6 is 11.6 Å². The molecule has 0 amide bonds. The van der Waals surface area contributed by atoms with Crippen LogP contribution in [0.5, 0.6) is 5.75 Å². The van der Waals surface area contributed by atoms with Crippen LogP contribution < -0.4 is 10.5 Å². The topological polar surface area (TPSA) is 61.0 Å². The van der Waals surface area contributed by atoms with E-state index in [1.54, 1.807) is 0 Å². The number of anilines is 1. The van der Waals surface area contributed by atoms with Crippen molar-refractivity contribution in [2.45, 2.75) is 26.4 Å². The first-order valence-corrected chi connectivity index (χ1v) is 7.84. The van der Waals surface area contributed by atoms with Crippen molar-refractivity contribution >= 4 is 28.2 Å². The molecule has 1 unspecified atom stereocenters. The molecular formula is C18H18ClN3O. The summed E-state index contributed by atoms with van der Waals surface area (Å²) in [5.74, 6) is 0.834. The maximum Gasteiger partial charge on any atom is 0.223 e. The van der Waals surface area contributed by atoms with E-state index in [0.29, 0.717) is 12.1 Å². The fourth-order valence-corrected chi connectivity index (χ4v) is 2.76. The van der Waals surface area contributed by atoms with Crippen molar-refractivity contribution in [3.05, 3.63) is 59.0 Å². The minimum absolute atomic E-state index is 0.0634. The molecule has 5 heteroatoms. The highest BCUT2D eigenvalue weighted by atomic mass is 35.5. The van der Waals surface area contributed by atoms with Crippen LogP contribution in [0.15, 0.2) is 42.5 Å². The first kappa shape index (κ1) is 15.6. The van der Waals surface area contributed by atoms with E-state index in [1.165, 1.54) is 5.56 Å². The van der Waals surface area contributed by atoms with Crippen molar-refractivity contribution in [1.29, 1.82) is 0 Å². The number of nitrogen functional groups attached to an aromatic ring is 1. The average Bonchev–Trinajstić information content (AvgIpc) is 2.49. The van der Waals surface area contributed by atoms with Gasteiger partial charge in [0.15, 0.2) is 0 Å². The Hall–Kier alpha value is -2.33. The molecule has 0 aliphatic rings. The second kappa shape index (κ2) is 6.42. The number of hydrogen-bond acceptors (Lipinski definition) is 4. The average molecular weight is 328 g/mol. The number of aromatic nitrogens is 2. The van der Waals surface area contributed by atoms with E-state index in [4.69, 9.17) is 22.1 Å². The summed E-state index contributed by atoms with van der Waals surface area (Å²) in [4.78, 5) is 8.58. The van der Waals surface area contributed by atoms with E-state index in [-0.39, 0.29) is 11.4 Å². The Balaban J connectivity index is 1.87. The van der Waals surface area contributed by atoms with Crippen LogP contribution in [-0.4, -0.2) is 16.1 Å². The van der Waals surface area contributed by atoms with Gasteiger partial charge in [0.1, 0.15) is 11.9 Å². The van der Waals surface area contributed by atoms with E-state index in [0.717, 1.165) is 22.3 Å². The van der Waals surface area contributed by atoms with Crippen LogP contribution in [0.2, 0.25) is 5.28 Å². The number of rotatable bonds is 4. The molecule has 0 spiro atoms. The molecule has 118 valence electrons. The Kier molecular flexibility index (Phi) is 4.35. The second-order valence-corrected chi connectivity index (χ2v) is 5.96. The first-order chi connectivity index (χ1) is 11.0. The lowest BCUT2D eigenvalue weighted by molar-refractivity contribution is 0.221. The summed E-state index contributed by atoms with van der Waals surface area (Å²) in [6.07, 6.45) is 0.535. The number of nitrogens with zero attached hydrogens (tertiary/aromatic N) is 2. The molecule has 3 rings (SSSR count). The summed E-state index contributed by atoms with van der Waals surface area (Å²) in [5.41, 5.74) is 9.49. The molecule has 3 aromatic rings. The third kappa shape index (κ3) is 3.54. The minimum atomic E-state index is -0.0634. The molecule has 0 bridgehead atoms. The van der Waals surface area contributed by atoms with Gasteiger partial charge in [-0.2, -0.15) is 0 Å². The van der Waals surface area contributed by atoms with Gasteiger partial charge in [0.25, 0.3) is 0 Å². The highest BCUT2D eigenvalue weighted by molar-refractivity contribution is 6.28. The number of benzene rings is 2. The zero-order valence-corrected chi connectivity index (χ0v) is 13.8. The normalized spacial score (nSPS) is 12.3. The van der Waals surface area contributed by atoms with E-state index >= 15 is 0 Å². The number of fused-ring (bicyclic) bond motifs is 1. The Labute approximate surface area is 140 Å². The molecule has 0 radical (unpaired) electrons. The van der Waals surface area contributed by atoms with Crippen molar-refractivity contribution in [3.63, 3.8) is 0 Å². The summed E-state index contributed by atoms with van der Waals surface area (Å²) >= 11 is 6.03. The van der Waals surface area contributed by atoms with Gasteiger partial charge in [-0.3, -0.25) is 0 Å². The van der Waals surface area contributed by atoms with Gasteiger partial charge < -0.3 is 10.5 Å². The van der Waals surface area contributed by atoms with E-state index in [1.807, 2.05) is 56.3 Å². The zero-order chi connectivity index (χ0) is 16.4. The summed E-state index contributed by atoms with van der Waals surface area (Å²) in [6, 6.07) is 13.6. The number of hydrogen-bond donors (Lipinski definition) is 1. The number of halogens is 1. The SMILES string of the molecule is Cc1ccc(OC(C)Cc2nc(Cl)nc3cccc(N)c23)cc1. The van der Waals surface area contributed by atoms with Gasteiger partial charge in [0, 0.05) is 17.5 Å². The predicted molar refractivity (Wildman–Crippen MR) is 93.9 cm³/mol. The smallest absolute Gasteiger partial charge is 0.223 e. The Morgan fingerprint density at radius 2 is 1.87 bits per heavy atom. The molecule has 0 saturated heterocycles. The van der Waals surface area contributed by atoms with Gasteiger partial charge >= 0.3 is 0 Å². The van der Waals surface area contributed by atoms with Crippen LogP contribution in [0.25, 0.3) is 10.9 Å². The van der Waals surface area contributed by atoms with Crippen LogP contribution in [0.3, 0.4) is 0 Å².